The molecular weight excluding hydrogens is 238 g/mol. The topological polar surface area (TPSA) is 12.0 Å². The maximum Gasteiger partial charge on any atom is 0.0496 e. The zero-order valence-corrected chi connectivity index (χ0v) is 12.4. The second kappa shape index (κ2) is 5.15. The second-order valence-electron chi connectivity index (χ2n) is 5.71. The summed E-state index contributed by atoms with van der Waals surface area (Å²) in [6.45, 7) is 9.80. The van der Waals surface area contributed by atoms with E-state index in [-0.39, 0.29) is 5.41 Å². The van der Waals surface area contributed by atoms with Gasteiger partial charge in [0.05, 0.1) is 0 Å². The van der Waals surface area contributed by atoms with Crippen LogP contribution in [-0.2, 0) is 12.0 Å². The SMILES string of the molecule is Cc1ccsc1CNc1ccc(C(C)(C)C)cc1. The van der Waals surface area contributed by atoms with Crippen LogP contribution in [0.3, 0.4) is 0 Å². The maximum atomic E-state index is 3.48. The van der Waals surface area contributed by atoms with Crippen molar-refractivity contribution in [1.29, 1.82) is 0 Å². The molecule has 1 N–H and O–H groups in total. The Morgan fingerprint density at radius 2 is 1.72 bits per heavy atom. The highest BCUT2D eigenvalue weighted by molar-refractivity contribution is 7.10. The molecule has 1 nitrogen and oxygen atoms in total. The van der Waals surface area contributed by atoms with Crippen LogP contribution in [0, 0.1) is 6.92 Å². The number of hydrogen-bond donors (Lipinski definition) is 1. The van der Waals surface area contributed by atoms with Gasteiger partial charge in [0.1, 0.15) is 0 Å². The molecule has 0 amide bonds. The molecule has 0 saturated heterocycles. The van der Waals surface area contributed by atoms with E-state index >= 15 is 0 Å². The van der Waals surface area contributed by atoms with Crippen LogP contribution >= 0.6 is 11.3 Å². The minimum Gasteiger partial charge on any atom is -0.380 e. The standard InChI is InChI=1S/C16H21NS/c1-12-9-10-18-15(12)11-17-14-7-5-13(6-8-14)16(2,3)4/h5-10,17H,11H2,1-4H3. The van der Waals surface area contributed by atoms with E-state index in [4.69, 9.17) is 0 Å². The van der Waals surface area contributed by atoms with Crippen LogP contribution in [0.2, 0.25) is 0 Å². The van der Waals surface area contributed by atoms with E-state index in [9.17, 15) is 0 Å². The molecule has 0 atom stereocenters. The van der Waals surface area contributed by atoms with Crippen molar-refractivity contribution in [2.75, 3.05) is 5.32 Å². The van der Waals surface area contributed by atoms with Crippen molar-refractivity contribution in [2.24, 2.45) is 0 Å². The van der Waals surface area contributed by atoms with Gasteiger partial charge in [-0.25, -0.2) is 0 Å². The molecule has 1 heterocycles. The molecule has 0 radical (unpaired) electrons. The van der Waals surface area contributed by atoms with Crippen LogP contribution in [0.25, 0.3) is 0 Å². The molecule has 0 fully saturated rings. The van der Waals surface area contributed by atoms with Crippen molar-refractivity contribution in [2.45, 2.75) is 39.7 Å². The average Bonchev–Trinajstić information content (AvgIpc) is 2.72. The largest absolute Gasteiger partial charge is 0.380 e. The summed E-state index contributed by atoms with van der Waals surface area (Å²) >= 11 is 1.81. The molecule has 0 bridgehead atoms. The Labute approximate surface area is 114 Å². The van der Waals surface area contributed by atoms with Gasteiger partial charge in [-0.3, -0.25) is 0 Å². The highest BCUT2D eigenvalue weighted by Gasteiger charge is 2.12. The van der Waals surface area contributed by atoms with Crippen molar-refractivity contribution in [3.05, 3.63) is 51.7 Å². The maximum absolute atomic E-state index is 3.48. The van der Waals surface area contributed by atoms with Crippen LogP contribution in [0.5, 0.6) is 0 Å². The van der Waals surface area contributed by atoms with Crippen LogP contribution < -0.4 is 5.32 Å². The Kier molecular flexibility index (Phi) is 3.76. The van der Waals surface area contributed by atoms with Gasteiger partial charge in [0.2, 0.25) is 0 Å². The molecule has 96 valence electrons. The lowest BCUT2D eigenvalue weighted by atomic mass is 9.87. The Morgan fingerprint density at radius 1 is 1.06 bits per heavy atom. The average molecular weight is 259 g/mol. The summed E-state index contributed by atoms with van der Waals surface area (Å²) in [4.78, 5) is 1.41. The van der Waals surface area contributed by atoms with Gasteiger partial charge in [-0.2, -0.15) is 0 Å². The van der Waals surface area contributed by atoms with Crippen LogP contribution in [-0.4, -0.2) is 0 Å². The number of anilines is 1. The third-order valence-corrected chi connectivity index (χ3v) is 4.20. The number of benzene rings is 1. The number of rotatable bonds is 3. The summed E-state index contributed by atoms with van der Waals surface area (Å²) in [5.41, 5.74) is 4.16. The van der Waals surface area contributed by atoms with Gasteiger partial charge >= 0.3 is 0 Å². The predicted octanol–water partition coefficient (Wildman–Crippen LogP) is 4.97. The Morgan fingerprint density at radius 3 is 2.22 bits per heavy atom. The van der Waals surface area contributed by atoms with E-state index in [0.29, 0.717) is 0 Å². The monoisotopic (exact) mass is 259 g/mol. The van der Waals surface area contributed by atoms with Gasteiger partial charge in [-0.15, -0.1) is 11.3 Å². The molecule has 0 aliphatic heterocycles. The number of thiophene rings is 1. The van der Waals surface area contributed by atoms with E-state index < -0.39 is 0 Å². The normalized spacial score (nSPS) is 11.6. The van der Waals surface area contributed by atoms with Crippen LogP contribution in [0.4, 0.5) is 5.69 Å². The lowest BCUT2D eigenvalue weighted by Gasteiger charge is -2.19. The number of aryl methyl sites for hydroxylation is 1. The highest BCUT2D eigenvalue weighted by atomic mass is 32.1. The molecule has 0 spiro atoms. The fraction of sp³-hybridized carbons (Fsp3) is 0.375. The zero-order valence-electron chi connectivity index (χ0n) is 11.6. The van der Waals surface area contributed by atoms with Gasteiger partial charge in [0, 0.05) is 17.1 Å². The number of hydrogen-bond acceptors (Lipinski definition) is 2. The summed E-state index contributed by atoms with van der Waals surface area (Å²) in [7, 11) is 0. The van der Waals surface area contributed by atoms with Gasteiger partial charge < -0.3 is 5.32 Å². The first-order chi connectivity index (χ1) is 8.47. The quantitative estimate of drug-likeness (QED) is 0.821. The first-order valence-corrected chi connectivity index (χ1v) is 7.22. The summed E-state index contributed by atoms with van der Waals surface area (Å²) in [5, 5.41) is 5.62. The summed E-state index contributed by atoms with van der Waals surface area (Å²) in [5.74, 6) is 0. The second-order valence-corrected chi connectivity index (χ2v) is 6.71. The fourth-order valence-corrected chi connectivity index (χ4v) is 2.70. The smallest absolute Gasteiger partial charge is 0.0496 e. The molecular formula is C16H21NS. The molecule has 1 aromatic carbocycles. The number of nitrogens with one attached hydrogen (secondary N) is 1. The van der Waals surface area contributed by atoms with E-state index in [1.54, 1.807) is 0 Å². The molecule has 1 aromatic heterocycles. The Hall–Kier alpha value is -1.28. The van der Waals surface area contributed by atoms with Crippen molar-refractivity contribution in [1.82, 2.24) is 0 Å². The minimum atomic E-state index is 0.225. The van der Waals surface area contributed by atoms with E-state index in [2.05, 4.69) is 68.7 Å². The first kappa shape index (κ1) is 13.2. The van der Waals surface area contributed by atoms with Crippen molar-refractivity contribution in [3.63, 3.8) is 0 Å². The van der Waals surface area contributed by atoms with Gasteiger partial charge in [-0.05, 0) is 47.0 Å². The van der Waals surface area contributed by atoms with E-state index in [1.165, 1.54) is 21.7 Å². The molecule has 2 heteroatoms. The summed E-state index contributed by atoms with van der Waals surface area (Å²) in [6, 6.07) is 10.9. The summed E-state index contributed by atoms with van der Waals surface area (Å²) < 4.78 is 0. The van der Waals surface area contributed by atoms with Crippen LogP contribution in [0.15, 0.2) is 35.7 Å². The third kappa shape index (κ3) is 3.14. The van der Waals surface area contributed by atoms with Gasteiger partial charge in [0.25, 0.3) is 0 Å². The molecule has 18 heavy (non-hydrogen) atoms. The van der Waals surface area contributed by atoms with Crippen molar-refractivity contribution in [3.8, 4) is 0 Å². The molecule has 0 aliphatic carbocycles. The Balaban J connectivity index is 2.01. The minimum absolute atomic E-state index is 0.225. The highest BCUT2D eigenvalue weighted by Crippen LogP contribution is 2.24. The lowest BCUT2D eigenvalue weighted by Crippen LogP contribution is -2.10. The molecule has 0 saturated carbocycles. The van der Waals surface area contributed by atoms with Gasteiger partial charge in [-0.1, -0.05) is 32.9 Å². The molecule has 0 unspecified atom stereocenters. The molecule has 2 rings (SSSR count). The summed E-state index contributed by atoms with van der Waals surface area (Å²) in [6.07, 6.45) is 0. The third-order valence-electron chi connectivity index (χ3n) is 3.17. The van der Waals surface area contributed by atoms with Crippen molar-refractivity contribution >= 4 is 17.0 Å². The van der Waals surface area contributed by atoms with E-state index in [1.807, 2.05) is 11.3 Å². The molecule has 0 aliphatic rings. The predicted molar refractivity (Wildman–Crippen MR) is 81.5 cm³/mol. The Bertz CT molecular complexity index is 503. The first-order valence-electron chi connectivity index (χ1n) is 6.34. The van der Waals surface area contributed by atoms with Crippen LogP contribution in [0.1, 0.15) is 36.8 Å². The lowest BCUT2D eigenvalue weighted by molar-refractivity contribution is 0.590. The fourth-order valence-electron chi connectivity index (χ4n) is 1.86. The zero-order chi connectivity index (χ0) is 13.2. The van der Waals surface area contributed by atoms with Gasteiger partial charge in [0.15, 0.2) is 0 Å². The van der Waals surface area contributed by atoms with Crippen molar-refractivity contribution < 1.29 is 0 Å². The molecule has 2 aromatic rings. The van der Waals surface area contributed by atoms with E-state index in [0.717, 1.165) is 6.54 Å².